The summed E-state index contributed by atoms with van der Waals surface area (Å²) in [5.74, 6) is 0. The zero-order valence-corrected chi connectivity index (χ0v) is 41.0. The molecule has 0 atom stereocenters. The summed E-state index contributed by atoms with van der Waals surface area (Å²) in [6.07, 6.45) is 0. The van der Waals surface area contributed by atoms with Crippen LogP contribution in [0, 0.1) is 0 Å². The first kappa shape index (κ1) is 42.3. The lowest BCUT2D eigenvalue weighted by Crippen LogP contribution is -2.28. The molecule has 4 nitrogen and oxygen atoms in total. The molecule has 2 aliphatic carbocycles. The first-order chi connectivity index (χ1) is 36.5. The number of hydrogen-bond donors (Lipinski definition) is 0. The molecule has 2 aromatic heterocycles. The highest BCUT2D eigenvalue weighted by atomic mass is 16.3. The molecule has 0 saturated carbocycles. The van der Waals surface area contributed by atoms with E-state index in [1.807, 2.05) is 6.07 Å². The third-order valence-electron chi connectivity index (χ3n) is 16.1. The fourth-order valence-corrected chi connectivity index (χ4v) is 13.0. The van der Waals surface area contributed by atoms with Crippen molar-refractivity contribution in [1.82, 2.24) is 0 Å². The van der Waals surface area contributed by atoms with E-state index in [4.69, 9.17) is 8.83 Å². The second kappa shape index (κ2) is 16.1. The molecule has 0 N–H and O–H groups in total. The SMILES string of the molecule is CC1(C)c2ccccc2-c2cccc(N(c3cccc(N(c4ccc5c(c4)C(c4ccccc4)(c4ccccc4)c4ccccc4-5)c4cccc5c4oc4ccccc45)c3)c3cccc4oc5ccccc5c34)c21. The van der Waals surface area contributed by atoms with Crippen molar-refractivity contribution in [3.05, 3.63) is 288 Å². The summed E-state index contributed by atoms with van der Waals surface area (Å²) in [5.41, 5.74) is 21.2. The van der Waals surface area contributed by atoms with Crippen molar-refractivity contribution in [3.63, 3.8) is 0 Å². The summed E-state index contributed by atoms with van der Waals surface area (Å²) in [4.78, 5) is 4.90. The van der Waals surface area contributed by atoms with Gasteiger partial charge in [-0.15, -0.1) is 0 Å². The van der Waals surface area contributed by atoms with Gasteiger partial charge in [-0.2, -0.15) is 0 Å². The van der Waals surface area contributed by atoms with Crippen LogP contribution >= 0.6 is 0 Å². The minimum Gasteiger partial charge on any atom is -0.456 e. The van der Waals surface area contributed by atoms with Crippen molar-refractivity contribution in [1.29, 1.82) is 0 Å². The summed E-state index contributed by atoms with van der Waals surface area (Å²) >= 11 is 0. The van der Waals surface area contributed by atoms with E-state index in [0.29, 0.717) is 0 Å². The van der Waals surface area contributed by atoms with Crippen LogP contribution in [-0.4, -0.2) is 0 Å². The first-order valence-corrected chi connectivity index (χ1v) is 25.6. The minimum atomic E-state index is -0.593. The summed E-state index contributed by atoms with van der Waals surface area (Å²) in [6.45, 7) is 4.74. The van der Waals surface area contributed by atoms with Crippen molar-refractivity contribution in [2.75, 3.05) is 9.80 Å². The van der Waals surface area contributed by atoms with E-state index in [1.54, 1.807) is 0 Å². The third-order valence-corrected chi connectivity index (χ3v) is 16.1. The van der Waals surface area contributed by atoms with E-state index < -0.39 is 5.41 Å². The third kappa shape index (κ3) is 5.97. The van der Waals surface area contributed by atoms with Crippen molar-refractivity contribution >= 4 is 78.0 Å². The number of fused-ring (bicyclic) bond motifs is 12. The molecule has 0 spiro atoms. The Hall–Kier alpha value is -9.38. The molecule has 0 unspecified atom stereocenters. The lowest BCUT2D eigenvalue weighted by Gasteiger charge is -2.35. The van der Waals surface area contributed by atoms with Crippen LogP contribution < -0.4 is 9.80 Å². The minimum absolute atomic E-state index is 0.292. The molecule has 0 radical (unpaired) electrons. The summed E-state index contributed by atoms with van der Waals surface area (Å²) in [7, 11) is 0. The zero-order valence-electron chi connectivity index (χ0n) is 41.0. The number of hydrogen-bond acceptors (Lipinski definition) is 4. The lowest BCUT2D eigenvalue weighted by atomic mass is 9.67. The summed E-state index contributed by atoms with van der Waals surface area (Å²) in [6, 6.07) is 92.8. The molecule has 0 fully saturated rings. The average Bonchev–Trinajstić information content (AvgIpc) is 4.19. The Balaban J connectivity index is 1.01. The van der Waals surface area contributed by atoms with Gasteiger partial charge in [0.1, 0.15) is 16.7 Å². The van der Waals surface area contributed by atoms with Gasteiger partial charge in [0.2, 0.25) is 0 Å². The van der Waals surface area contributed by atoms with E-state index in [9.17, 15) is 0 Å². The van der Waals surface area contributed by atoms with E-state index in [-0.39, 0.29) is 5.41 Å². The molecule has 15 rings (SSSR count). The largest absolute Gasteiger partial charge is 0.456 e. The van der Waals surface area contributed by atoms with Crippen molar-refractivity contribution in [2.24, 2.45) is 0 Å². The van der Waals surface area contributed by atoms with E-state index in [1.165, 1.54) is 55.6 Å². The molecule has 74 heavy (non-hydrogen) atoms. The smallest absolute Gasteiger partial charge is 0.159 e. The Bertz CT molecular complexity index is 4330. The standard InChI is InChI=1S/C70H48N2O2/c1-69(2)57-33-13-9-28-51(57)54-31-18-36-61(67(54)69)72(60-35-20-40-65-66(60)56-30-12-16-39-64(56)73-65)48-26-17-25-47(43-48)71(62-37-19-32-55-53-29-11-15-38-63(53)74-68(55)62)49-41-42-52-50-27-10-14-34-58(50)70(59(52)44-49,45-21-5-3-6-22-45)46-23-7-4-8-24-46/h3-44H,1-2H3. The first-order valence-electron chi connectivity index (χ1n) is 25.6. The molecule has 2 aliphatic rings. The van der Waals surface area contributed by atoms with Crippen LogP contribution in [0.15, 0.2) is 264 Å². The number of rotatable bonds is 8. The van der Waals surface area contributed by atoms with Crippen LogP contribution in [0.5, 0.6) is 0 Å². The molecule has 11 aromatic carbocycles. The molecule has 2 heterocycles. The zero-order chi connectivity index (χ0) is 49.1. The molecule has 0 amide bonds. The van der Waals surface area contributed by atoms with Gasteiger partial charge >= 0.3 is 0 Å². The Morgan fingerprint density at radius 3 is 1.61 bits per heavy atom. The van der Waals surface area contributed by atoms with Crippen molar-refractivity contribution in [2.45, 2.75) is 24.7 Å². The quantitative estimate of drug-likeness (QED) is 0.152. The molecular formula is C70H48N2O2. The van der Waals surface area contributed by atoms with E-state index >= 15 is 0 Å². The predicted molar refractivity (Wildman–Crippen MR) is 305 cm³/mol. The van der Waals surface area contributed by atoms with Gasteiger partial charge in [-0.05, 0) is 122 Å². The Kier molecular flexibility index (Phi) is 9.19. The number of anilines is 6. The topological polar surface area (TPSA) is 32.8 Å². The van der Waals surface area contributed by atoms with Crippen LogP contribution in [0.3, 0.4) is 0 Å². The van der Waals surface area contributed by atoms with Gasteiger partial charge in [-0.1, -0.05) is 202 Å². The molecule has 350 valence electrons. The fraction of sp³-hybridized carbons (Fsp3) is 0.0571. The molecular weight excluding hydrogens is 901 g/mol. The highest BCUT2D eigenvalue weighted by molar-refractivity contribution is 6.14. The molecule has 0 saturated heterocycles. The number of para-hydroxylation sites is 3. The van der Waals surface area contributed by atoms with Gasteiger partial charge in [0.05, 0.1) is 27.9 Å². The van der Waals surface area contributed by atoms with Gasteiger partial charge in [-0.3, -0.25) is 0 Å². The van der Waals surface area contributed by atoms with Crippen molar-refractivity contribution < 1.29 is 8.83 Å². The molecule has 4 heteroatoms. The van der Waals surface area contributed by atoms with Gasteiger partial charge in [0.15, 0.2) is 5.58 Å². The van der Waals surface area contributed by atoms with Crippen LogP contribution in [-0.2, 0) is 10.8 Å². The van der Waals surface area contributed by atoms with Gasteiger partial charge in [0.25, 0.3) is 0 Å². The van der Waals surface area contributed by atoms with Crippen LogP contribution in [0.4, 0.5) is 34.1 Å². The summed E-state index contributed by atoms with van der Waals surface area (Å²) < 4.78 is 13.6. The van der Waals surface area contributed by atoms with Gasteiger partial charge in [0, 0.05) is 38.6 Å². The summed E-state index contributed by atoms with van der Waals surface area (Å²) in [5, 5.41) is 4.30. The Labute approximate surface area is 429 Å². The Morgan fingerprint density at radius 1 is 0.324 bits per heavy atom. The number of benzene rings is 11. The van der Waals surface area contributed by atoms with Crippen molar-refractivity contribution in [3.8, 4) is 22.3 Å². The average molecular weight is 949 g/mol. The van der Waals surface area contributed by atoms with Crippen LogP contribution in [0.1, 0.15) is 47.2 Å². The normalized spacial score (nSPS) is 13.8. The fourth-order valence-electron chi connectivity index (χ4n) is 13.0. The van der Waals surface area contributed by atoms with Crippen LogP contribution in [0.25, 0.3) is 66.1 Å². The maximum Gasteiger partial charge on any atom is 0.159 e. The highest BCUT2D eigenvalue weighted by Crippen LogP contribution is 2.59. The van der Waals surface area contributed by atoms with Crippen LogP contribution in [0.2, 0.25) is 0 Å². The van der Waals surface area contributed by atoms with E-state index in [0.717, 1.165) is 78.0 Å². The molecule has 0 bridgehead atoms. The highest BCUT2D eigenvalue weighted by Gasteiger charge is 2.46. The monoisotopic (exact) mass is 948 g/mol. The number of nitrogens with zero attached hydrogens (tertiary/aromatic N) is 2. The maximum atomic E-state index is 6.97. The van der Waals surface area contributed by atoms with Gasteiger partial charge in [-0.25, -0.2) is 0 Å². The second-order valence-corrected chi connectivity index (χ2v) is 20.3. The lowest BCUT2D eigenvalue weighted by molar-refractivity contribution is 0.661. The second-order valence-electron chi connectivity index (χ2n) is 20.3. The molecule has 13 aromatic rings. The number of furan rings is 2. The Morgan fingerprint density at radius 2 is 0.838 bits per heavy atom. The molecule has 0 aliphatic heterocycles. The predicted octanol–water partition coefficient (Wildman–Crippen LogP) is 19.1. The van der Waals surface area contributed by atoms with E-state index in [2.05, 4.69) is 272 Å². The van der Waals surface area contributed by atoms with Gasteiger partial charge < -0.3 is 18.6 Å². The maximum absolute atomic E-state index is 6.97.